The predicted octanol–water partition coefficient (Wildman–Crippen LogP) is 2.02. The monoisotopic (exact) mass is 288 g/mol. The molecule has 112 valence electrons. The molecule has 0 saturated carbocycles. The van der Waals surface area contributed by atoms with E-state index in [1.54, 1.807) is 6.92 Å². The molecule has 5 nitrogen and oxygen atoms in total. The SMILES string of the molecule is CCN1C(=O)O[C@@]2(CCCN(Cc3ccccc3)C2)C1=O. The first kappa shape index (κ1) is 14.1. The number of carbonyl (C=O) groups excluding carboxylic acids is 2. The minimum Gasteiger partial charge on any atom is -0.431 e. The smallest absolute Gasteiger partial charge is 0.417 e. The molecule has 21 heavy (non-hydrogen) atoms. The molecule has 0 bridgehead atoms. The summed E-state index contributed by atoms with van der Waals surface area (Å²) in [5.74, 6) is -0.173. The molecule has 2 amide bonds. The number of rotatable bonds is 3. The number of amides is 2. The Bertz CT molecular complexity index is 546. The summed E-state index contributed by atoms with van der Waals surface area (Å²) in [5.41, 5.74) is 0.249. The number of hydrogen-bond donors (Lipinski definition) is 0. The van der Waals surface area contributed by atoms with E-state index in [-0.39, 0.29) is 5.91 Å². The lowest BCUT2D eigenvalue weighted by atomic mass is 9.91. The Labute approximate surface area is 124 Å². The van der Waals surface area contributed by atoms with Crippen molar-refractivity contribution in [3.05, 3.63) is 35.9 Å². The fourth-order valence-corrected chi connectivity index (χ4v) is 3.21. The van der Waals surface area contributed by atoms with Crippen molar-refractivity contribution in [2.24, 2.45) is 0 Å². The van der Waals surface area contributed by atoms with Gasteiger partial charge in [0, 0.05) is 19.6 Å². The summed E-state index contributed by atoms with van der Waals surface area (Å²) in [7, 11) is 0. The Hall–Kier alpha value is -1.88. The second kappa shape index (κ2) is 5.48. The van der Waals surface area contributed by atoms with Gasteiger partial charge in [-0.25, -0.2) is 9.69 Å². The van der Waals surface area contributed by atoms with Gasteiger partial charge in [-0.1, -0.05) is 30.3 Å². The third-order valence-electron chi connectivity index (χ3n) is 4.24. The van der Waals surface area contributed by atoms with Crippen molar-refractivity contribution in [2.75, 3.05) is 19.6 Å². The van der Waals surface area contributed by atoms with Gasteiger partial charge >= 0.3 is 6.09 Å². The van der Waals surface area contributed by atoms with Crippen LogP contribution in [0.25, 0.3) is 0 Å². The van der Waals surface area contributed by atoms with Crippen molar-refractivity contribution in [3.8, 4) is 0 Å². The highest BCUT2D eigenvalue weighted by atomic mass is 16.6. The number of nitrogens with zero attached hydrogens (tertiary/aromatic N) is 2. The molecule has 0 aromatic heterocycles. The van der Waals surface area contributed by atoms with E-state index in [4.69, 9.17) is 4.74 Å². The molecule has 2 saturated heterocycles. The third kappa shape index (κ3) is 2.53. The van der Waals surface area contributed by atoms with Crippen molar-refractivity contribution in [2.45, 2.75) is 31.9 Å². The van der Waals surface area contributed by atoms with Crippen LogP contribution in [-0.4, -0.2) is 47.0 Å². The van der Waals surface area contributed by atoms with E-state index in [0.717, 1.165) is 19.5 Å². The number of likely N-dealkylation sites (tertiary alicyclic amines) is 1. The first-order valence-electron chi connectivity index (χ1n) is 7.46. The van der Waals surface area contributed by atoms with Gasteiger partial charge < -0.3 is 4.74 Å². The number of hydrogen-bond acceptors (Lipinski definition) is 4. The second-order valence-electron chi connectivity index (χ2n) is 5.71. The Morgan fingerprint density at radius 1 is 1.24 bits per heavy atom. The topological polar surface area (TPSA) is 49.9 Å². The molecule has 0 aliphatic carbocycles. The molecular weight excluding hydrogens is 268 g/mol. The predicted molar refractivity (Wildman–Crippen MR) is 77.6 cm³/mol. The van der Waals surface area contributed by atoms with Gasteiger partial charge in [0.1, 0.15) is 0 Å². The van der Waals surface area contributed by atoms with Crippen LogP contribution in [0.4, 0.5) is 4.79 Å². The Morgan fingerprint density at radius 3 is 2.67 bits per heavy atom. The standard InChI is InChI=1S/C16H20N2O3/c1-2-18-14(19)16(21-15(18)20)9-6-10-17(12-16)11-13-7-4-3-5-8-13/h3-5,7-8H,2,6,9-12H2,1H3/t16-/m1/s1. The first-order valence-corrected chi connectivity index (χ1v) is 7.46. The summed E-state index contributed by atoms with van der Waals surface area (Å²) < 4.78 is 5.47. The van der Waals surface area contributed by atoms with E-state index < -0.39 is 11.7 Å². The van der Waals surface area contributed by atoms with E-state index in [0.29, 0.717) is 19.5 Å². The molecule has 2 aliphatic rings. The molecule has 0 radical (unpaired) electrons. The number of likely N-dealkylation sites (N-methyl/N-ethyl adjacent to an activating group) is 1. The van der Waals surface area contributed by atoms with E-state index in [1.165, 1.54) is 10.5 Å². The number of piperidine rings is 1. The molecule has 2 aliphatic heterocycles. The van der Waals surface area contributed by atoms with Gasteiger partial charge in [-0.15, -0.1) is 0 Å². The zero-order valence-corrected chi connectivity index (χ0v) is 12.2. The second-order valence-corrected chi connectivity index (χ2v) is 5.71. The molecule has 1 atom stereocenters. The Morgan fingerprint density at radius 2 is 2.00 bits per heavy atom. The molecule has 3 rings (SSSR count). The van der Waals surface area contributed by atoms with Gasteiger partial charge in [0.25, 0.3) is 5.91 Å². The van der Waals surface area contributed by atoms with Gasteiger partial charge in [-0.05, 0) is 31.9 Å². The first-order chi connectivity index (χ1) is 10.1. The van der Waals surface area contributed by atoms with Crippen molar-refractivity contribution < 1.29 is 14.3 Å². The van der Waals surface area contributed by atoms with E-state index in [1.807, 2.05) is 18.2 Å². The van der Waals surface area contributed by atoms with Crippen LogP contribution in [0.3, 0.4) is 0 Å². The number of imide groups is 1. The highest BCUT2D eigenvalue weighted by Gasteiger charge is 2.55. The lowest BCUT2D eigenvalue weighted by Crippen LogP contribution is -2.53. The maximum Gasteiger partial charge on any atom is 0.417 e. The van der Waals surface area contributed by atoms with Gasteiger partial charge in [-0.3, -0.25) is 9.69 Å². The fourth-order valence-electron chi connectivity index (χ4n) is 3.21. The Kier molecular flexibility index (Phi) is 3.68. The normalized spacial score (nSPS) is 26.4. The Balaban J connectivity index is 1.74. The van der Waals surface area contributed by atoms with Gasteiger partial charge in [0.05, 0.1) is 0 Å². The molecule has 5 heteroatoms. The minimum absolute atomic E-state index is 0.173. The molecule has 2 heterocycles. The van der Waals surface area contributed by atoms with Crippen molar-refractivity contribution in [3.63, 3.8) is 0 Å². The van der Waals surface area contributed by atoms with Crippen LogP contribution >= 0.6 is 0 Å². The van der Waals surface area contributed by atoms with Crippen LogP contribution < -0.4 is 0 Å². The fraction of sp³-hybridized carbons (Fsp3) is 0.500. The minimum atomic E-state index is -0.958. The summed E-state index contributed by atoms with van der Waals surface area (Å²) in [6, 6.07) is 10.1. The average molecular weight is 288 g/mol. The van der Waals surface area contributed by atoms with E-state index >= 15 is 0 Å². The highest BCUT2D eigenvalue weighted by molar-refractivity contribution is 6.03. The summed E-state index contributed by atoms with van der Waals surface area (Å²) in [6.45, 7) is 4.36. The van der Waals surface area contributed by atoms with Crippen LogP contribution in [0.15, 0.2) is 30.3 Å². The van der Waals surface area contributed by atoms with Crippen LogP contribution in [0.5, 0.6) is 0 Å². The molecule has 0 unspecified atom stereocenters. The number of benzene rings is 1. The zero-order valence-electron chi connectivity index (χ0n) is 12.2. The highest BCUT2D eigenvalue weighted by Crippen LogP contribution is 2.33. The summed E-state index contributed by atoms with van der Waals surface area (Å²) in [6.07, 6.45) is 0.993. The van der Waals surface area contributed by atoms with Crippen LogP contribution in [-0.2, 0) is 16.1 Å². The van der Waals surface area contributed by atoms with Gasteiger partial charge in [-0.2, -0.15) is 0 Å². The van der Waals surface area contributed by atoms with Crippen LogP contribution in [0.1, 0.15) is 25.3 Å². The molecule has 1 aromatic rings. The van der Waals surface area contributed by atoms with Crippen LogP contribution in [0.2, 0.25) is 0 Å². The summed E-state index contributed by atoms with van der Waals surface area (Å²) in [5, 5.41) is 0. The van der Waals surface area contributed by atoms with Crippen molar-refractivity contribution in [1.82, 2.24) is 9.80 Å². The molecular formula is C16H20N2O3. The van der Waals surface area contributed by atoms with E-state index in [2.05, 4.69) is 17.0 Å². The zero-order chi connectivity index (χ0) is 14.9. The lowest BCUT2D eigenvalue weighted by molar-refractivity contribution is -0.141. The largest absolute Gasteiger partial charge is 0.431 e. The molecule has 2 fully saturated rings. The lowest BCUT2D eigenvalue weighted by Gasteiger charge is -2.37. The summed E-state index contributed by atoms with van der Waals surface area (Å²) in [4.78, 5) is 27.7. The molecule has 0 N–H and O–H groups in total. The average Bonchev–Trinajstić information content (AvgIpc) is 2.70. The van der Waals surface area contributed by atoms with Crippen molar-refractivity contribution >= 4 is 12.0 Å². The van der Waals surface area contributed by atoms with Gasteiger partial charge in [0.15, 0.2) is 0 Å². The van der Waals surface area contributed by atoms with Crippen LogP contribution in [0, 0.1) is 0 Å². The maximum atomic E-state index is 12.5. The molecule has 1 spiro atoms. The quantitative estimate of drug-likeness (QED) is 0.854. The molecule has 1 aromatic carbocycles. The third-order valence-corrected chi connectivity index (χ3v) is 4.24. The maximum absolute atomic E-state index is 12.5. The van der Waals surface area contributed by atoms with Gasteiger partial charge in [0.2, 0.25) is 5.60 Å². The van der Waals surface area contributed by atoms with Crippen molar-refractivity contribution in [1.29, 1.82) is 0 Å². The summed E-state index contributed by atoms with van der Waals surface area (Å²) >= 11 is 0. The number of carbonyl (C=O) groups is 2. The number of ether oxygens (including phenoxy) is 1. The van der Waals surface area contributed by atoms with E-state index in [9.17, 15) is 9.59 Å².